The first-order valence-corrected chi connectivity index (χ1v) is 7.49. The van der Waals surface area contributed by atoms with Gasteiger partial charge in [-0.25, -0.2) is 0 Å². The molecule has 0 bridgehead atoms. The van der Waals surface area contributed by atoms with Crippen molar-refractivity contribution >= 4 is 23.2 Å². The number of hydrogen-bond acceptors (Lipinski definition) is 4. The molecule has 0 saturated carbocycles. The molecule has 0 heterocycles. The maximum absolute atomic E-state index is 12.5. The summed E-state index contributed by atoms with van der Waals surface area (Å²) in [6.07, 6.45) is 1.54. The molecule has 0 unspecified atom stereocenters. The van der Waals surface area contributed by atoms with Crippen LogP contribution in [0.5, 0.6) is 0 Å². The average Bonchev–Trinajstić information content (AvgIpc) is 2.59. The Bertz CT molecular complexity index is 846. The van der Waals surface area contributed by atoms with Crippen LogP contribution in [-0.4, -0.2) is 23.3 Å². The highest BCUT2D eigenvalue weighted by atomic mass is 16.6. The summed E-state index contributed by atoms with van der Waals surface area (Å²) in [6, 6.07) is 10.9. The van der Waals surface area contributed by atoms with Gasteiger partial charge in [-0.15, -0.1) is 6.58 Å². The molecule has 0 aliphatic carbocycles. The van der Waals surface area contributed by atoms with Gasteiger partial charge < -0.3 is 10.6 Å². The maximum atomic E-state index is 12.5. The Kier molecular flexibility index (Phi) is 5.62. The van der Waals surface area contributed by atoms with E-state index in [9.17, 15) is 19.7 Å². The molecule has 128 valence electrons. The molecule has 25 heavy (non-hydrogen) atoms. The standard InChI is InChI=1S/C18H17N3O4/c1-3-11-19-17(22)13-8-4-5-10-15(13)20-18(23)14-9-6-7-12(2)16(14)21(24)25/h3-10H,1,11H2,2H3,(H,19,22)(H,20,23). The molecule has 7 heteroatoms. The lowest BCUT2D eigenvalue weighted by Crippen LogP contribution is -2.25. The largest absolute Gasteiger partial charge is 0.349 e. The molecule has 0 aliphatic heterocycles. The second-order valence-electron chi connectivity index (χ2n) is 5.23. The van der Waals surface area contributed by atoms with E-state index < -0.39 is 10.8 Å². The number of nitrogens with one attached hydrogen (secondary N) is 2. The van der Waals surface area contributed by atoms with Gasteiger partial charge in [-0.3, -0.25) is 19.7 Å². The van der Waals surface area contributed by atoms with E-state index >= 15 is 0 Å². The Hall–Kier alpha value is -3.48. The van der Waals surface area contributed by atoms with Gasteiger partial charge >= 0.3 is 0 Å². The topological polar surface area (TPSA) is 101 Å². The summed E-state index contributed by atoms with van der Waals surface area (Å²) in [5, 5.41) is 16.4. The highest BCUT2D eigenvalue weighted by Crippen LogP contribution is 2.25. The smallest absolute Gasteiger partial charge is 0.285 e. The number of para-hydroxylation sites is 2. The van der Waals surface area contributed by atoms with Crippen LogP contribution in [0.15, 0.2) is 55.1 Å². The van der Waals surface area contributed by atoms with Crippen molar-refractivity contribution < 1.29 is 14.5 Å². The molecule has 0 aliphatic rings. The number of nitro benzene ring substituents is 1. The van der Waals surface area contributed by atoms with E-state index in [0.717, 1.165) is 0 Å². The molecule has 7 nitrogen and oxygen atoms in total. The third-order valence-electron chi connectivity index (χ3n) is 3.49. The molecule has 0 saturated heterocycles. The number of hydrogen-bond donors (Lipinski definition) is 2. The maximum Gasteiger partial charge on any atom is 0.285 e. The zero-order valence-electron chi connectivity index (χ0n) is 13.6. The molecule has 2 rings (SSSR count). The second-order valence-corrected chi connectivity index (χ2v) is 5.23. The number of carbonyl (C=O) groups excluding carboxylic acids is 2. The van der Waals surface area contributed by atoms with Gasteiger partial charge in [-0.05, 0) is 25.1 Å². The minimum Gasteiger partial charge on any atom is -0.349 e. The van der Waals surface area contributed by atoms with Gasteiger partial charge in [0.25, 0.3) is 17.5 Å². The van der Waals surface area contributed by atoms with Gasteiger partial charge in [0.15, 0.2) is 0 Å². The molecule has 2 N–H and O–H groups in total. The van der Waals surface area contributed by atoms with E-state index in [1.54, 1.807) is 43.3 Å². The van der Waals surface area contributed by atoms with E-state index in [1.165, 1.54) is 12.1 Å². The Morgan fingerprint density at radius 1 is 1.12 bits per heavy atom. The van der Waals surface area contributed by atoms with Crippen LogP contribution in [0, 0.1) is 17.0 Å². The minimum absolute atomic E-state index is 0.0636. The van der Waals surface area contributed by atoms with Crippen LogP contribution in [0.4, 0.5) is 11.4 Å². The number of amides is 2. The number of nitrogens with zero attached hydrogens (tertiary/aromatic N) is 1. The molecule has 0 spiro atoms. The number of carbonyl (C=O) groups is 2. The lowest BCUT2D eigenvalue weighted by molar-refractivity contribution is -0.385. The molecule has 0 aromatic heterocycles. The van der Waals surface area contributed by atoms with Gasteiger partial charge in [0.1, 0.15) is 5.56 Å². The predicted octanol–water partition coefficient (Wildman–Crippen LogP) is 3.07. The molecule has 0 radical (unpaired) electrons. The first-order chi connectivity index (χ1) is 12.0. The Labute approximate surface area is 144 Å². The van der Waals surface area contributed by atoms with Gasteiger partial charge in [0.05, 0.1) is 16.2 Å². The molecule has 2 aromatic rings. The van der Waals surface area contributed by atoms with Gasteiger partial charge in [0, 0.05) is 12.1 Å². The van der Waals surface area contributed by atoms with Crippen LogP contribution in [0.1, 0.15) is 26.3 Å². The number of aryl methyl sites for hydroxylation is 1. The minimum atomic E-state index is -0.653. The first-order valence-electron chi connectivity index (χ1n) is 7.49. The quantitative estimate of drug-likeness (QED) is 0.480. The highest BCUT2D eigenvalue weighted by Gasteiger charge is 2.23. The summed E-state index contributed by atoms with van der Waals surface area (Å²) in [5.74, 6) is -1.03. The van der Waals surface area contributed by atoms with Crippen molar-refractivity contribution in [1.29, 1.82) is 0 Å². The lowest BCUT2D eigenvalue weighted by atomic mass is 10.1. The predicted molar refractivity (Wildman–Crippen MR) is 94.8 cm³/mol. The van der Waals surface area contributed by atoms with Crippen LogP contribution in [0.2, 0.25) is 0 Å². The third kappa shape index (κ3) is 4.08. The van der Waals surface area contributed by atoms with E-state index in [-0.39, 0.29) is 35.0 Å². The fourth-order valence-corrected chi connectivity index (χ4v) is 2.32. The number of anilines is 1. The van der Waals surface area contributed by atoms with Crippen molar-refractivity contribution in [3.63, 3.8) is 0 Å². The van der Waals surface area contributed by atoms with Gasteiger partial charge in [-0.1, -0.05) is 30.3 Å². The van der Waals surface area contributed by atoms with Crippen molar-refractivity contribution in [2.45, 2.75) is 6.92 Å². The SMILES string of the molecule is C=CCNC(=O)c1ccccc1NC(=O)c1cccc(C)c1[N+](=O)[O-]. The van der Waals surface area contributed by atoms with Crippen LogP contribution in [0.25, 0.3) is 0 Å². The Morgan fingerprint density at radius 2 is 1.80 bits per heavy atom. The summed E-state index contributed by atoms with van der Waals surface area (Å²) in [4.78, 5) is 35.3. The third-order valence-corrected chi connectivity index (χ3v) is 3.49. The summed E-state index contributed by atoms with van der Waals surface area (Å²) in [7, 11) is 0. The first kappa shape index (κ1) is 17.9. The fraction of sp³-hybridized carbons (Fsp3) is 0.111. The average molecular weight is 339 g/mol. The molecule has 0 fully saturated rings. The van der Waals surface area contributed by atoms with Crippen molar-refractivity contribution in [2.75, 3.05) is 11.9 Å². The van der Waals surface area contributed by atoms with Gasteiger partial charge in [-0.2, -0.15) is 0 Å². The number of rotatable bonds is 6. The Balaban J connectivity index is 2.34. The molecular formula is C18H17N3O4. The van der Waals surface area contributed by atoms with Gasteiger partial charge in [0.2, 0.25) is 0 Å². The van der Waals surface area contributed by atoms with E-state index in [0.29, 0.717) is 5.56 Å². The summed E-state index contributed by atoms with van der Waals surface area (Å²) in [6.45, 7) is 5.37. The second kappa shape index (κ2) is 7.87. The van der Waals surface area contributed by atoms with Crippen LogP contribution >= 0.6 is 0 Å². The number of nitro groups is 1. The lowest BCUT2D eigenvalue weighted by Gasteiger charge is -2.11. The molecule has 2 aromatic carbocycles. The highest BCUT2D eigenvalue weighted by molar-refractivity contribution is 6.10. The number of benzene rings is 2. The zero-order valence-corrected chi connectivity index (χ0v) is 13.6. The molecule has 2 amide bonds. The van der Waals surface area contributed by atoms with Crippen molar-refractivity contribution in [1.82, 2.24) is 5.32 Å². The zero-order chi connectivity index (χ0) is 18.4. The molecule has 0 atom stereocenters. The van der Waals surface area contributed by atoms with Crippen molar-refractivity contribution in [3.05, 3.63) is 81.9 Å². The fourth-order valence-electron chi connectivity index (χ4n) is 2.32. The van der Waals surface area contributed by atoms with Crippen molar-refractivity contribution in [3.8, 4) is 0 Å². The Morgan fingerprint density at radius 3 is 2.48 bits per heavy atom. The summed E-state index contributed by atoms with van der Waals surface area (Å²) in [5.41, 5.74) is 0.590. The van der Waals surface area contributed by atoms with E-state index in [2.05, 4.69) is 17.2 Å². The summed E-state index contributed by atoms with van der Waals surface area (Å²) < 4.78 is 0. The van der Waals surface area contributed by atoms with Crippen LogP contribution < -0.4 is 10.6 Å². The monoisotopic (exact) mass is 339 g/mol. The van der Waals surface area contributed by atoms with Crippen LogP contribution in [-0.2, 0) is 0 Å². The molecular weight excluding hydrogens is 322 g/mol. The summed E-state index contributed by atoms with van der Waals surface area (Å²) >= 11 is 0. The van der Waals surface area contributed by atoms with Crippen molar-refractivity contribution in [2.24, 2.45) is 0 Å². The van der Waals surface area contributed by atoms with E-state index in [1.807, 2.05) is 0 Å². The van der Waals surface area contributed by atoms with E-state index in [4.69, 9.17) is 0 Å². The van der Waals surface area contributed by atoms with Crippen LogP contribution in [0.3, 0.4) is 0 Å². The normalized spacial score (nSPS) is 9.96.